The van der Waals surface area contributed by atoms with Gasteiger partial charge < -0.3 is 14.6 Å². The number of nitrogens with zero attached hydrogens (tertiary/aromatic N) is 2. The Kier molecular flexibility index (Phi) is 4.44. The first kappa shape index (κ1) is 16.1. The predicted molar refractivity (Wildman–Crippen MR) is 101 cm³/mol. The van der Waals surface area contributed by atoms with Crippen molar-refractivity contribution in [1.82, 2.24) is 10.1 Å². The van der Waals surface area contributed by atoms with Crippen molar-refractivity contribution in [1.29, 1.82) is 0 Å². The molecule has 1 aliphatic rings. The van der Waals surface area contributed by atoms with Crippen LogP contribution in [0.15, 0.2) is 45.4 Å². The van der Waals surface area contributed by atoms with E-state index in [4.69, 9.17) is 9.26 Å². The molecule has 0 atom stereocenters. The number of hydrogen-bond acceptors (Lipinski definition) is 5. The van der Waals surface area contributed by atoms with Crippen LogP contribution in [0.1, 0.15) is 18.9 Å². The van der Waals surface area contributed by atoms with Crippen LogP contribution in [0.4, 0.5) is 5.69 Å². The first-order valence-electron chi connectivity index (χ1n) is 8.38. The molecular formula is C19H18BrN3O2. The van der Waals surface area contributed by atoms with E-state index < -0.39 is 0 Å². The summed E-state index contributed by atoms with van der Waals surface area (Å²) in [5, 5.41) is 7.49. The molecule has 0 saturated carbocycles. The minimum absolute atomic E-state index is 0.497. The molecule has 0 spiro atoms. The summed E-state index contributed by atoms with van der Waals surface area (Å²) >= 11 is 3.54. The van der Waals surface area contributed by atoms with Crippen LogP contribution < -0.4 is 10.1 Å². The monoisotopic (exact) mass is 399 g/mol. The van der Waals surface area contributed by atoms with Gasteiger partial charge in [0, 0.05) is 23.4 Å². The van der Waals surface area contributed by atoms with Crippen molar-refractivity contribution in [3.05, 3.63) is 46.4 Å². The Hall–Kier alpha value is -2.34. The van der Waals surface area contributed by atoms with Gasteiger partial charge in [-0.2, -0.15) is 4.98 Å². The summed E-state index contributed by atoms with van der Waals surface area (Å²) in [7, 11) is 0. The Balaban J connectivity index is 1.60. The summed E-state index contributed by atoms with van der Waals surface area (Å²) in [5.41, 5.74) is 4.32. The third kappa shape index (κ3) is 3.26. The maximum atomic E-state index is 5.67. The SMILES string of the molecule is CCCOc1ccc(-c2nc(-c3ccc4c(c3)CCN4)no2)cc1Br. The Morgan fingerprint density at radius 1 is 1.20 bits per heavy atom. The molecule has 2 aromatic carbocycles. The van der Waals surface area contributed by atoms with Crippen molar-refractivity contribution < 1.29 is 9.26 Å². The standard InChI is InChI=1S/C19H18BrN3O2/c1-2-9-24-17-6-4-14(11-15(17)20)19-22-18(23-25-19)13-3-5-16-12(10-13)7-8-21-16/h3-6,10-11,21H,2,7-9H2,1H3. The van der Waals surface area contributed by atoms with Gasteiger partial charge in [0.2, 0.25) is 5.82 Å². The zero-order valence-electron chi connectivity index (χ0n) is 13.9. The second-order valence-electron chi connectivity index (χ2n) is 5.97. The highest BCUT2D eigenvalue weighted by atomic mass is 79.9. The van der Waals surface area contributed by atoms with E-state index >= 15 is 0 Å². The predicted octanol–water partition coefficient (Wildman–Crippen LogP) is 4.92. The molecule has 25 heavy (non-hydrogen) atoms. The van der Waals surface area contributed by atoms with Gasteiger partial charge in [-0.3, -0.25) is 0 Å². The van der Waals surface area contributed by atoms with Crippen LogP contribution >= 0.6 is 15.9 Å². The number of fused-ring (bicyclic) bond motifs is 1. The first-order valence-corrected chi connectivity index (χ1v) is 9.17. The highest BCUT2D eigenvalue weighted by Crippen LogP contribution is 2.32. The second-order valence-corrected chi connectivity index (χ2v) is 6.82. The molecule has 0 fully saturated rings. The highest BCUT2D eigenvalue weighted by molar-refractivity contribution is 9.10. The number of anilines is 1. The average molecular weight is 400 g/mol. The zero-order valence-corrected chi connectivity index (χ0v) is 15.5. The summed E-state index contributed by atoms with van der Waals surface area (Å²) < 4.78 is 12.0. The number of halogens is 1. The highest BCUT2D eigenvalue weighted by Gasteiger charge is 2.15. The summed E-state index contributed by atoms with van der Waals surface area (Å²) in [6.45, 7) is 3.75. The molecule has 2 heterocycles. The summed E-state index contributed by atoms with van der Waals surface area (Å²) in [6, 6.07) is 12.0. The molecule has 3 aromatic rings. The van der Waals surface area contributed by atoms with Crippen molar-refractivity contribution in [3.63, 3.8) is 0 Å². The van der Waals surface area contributed by atoms with Gasteiger partial charge in [0.25, 0.3) is 5.89 Å². The van der Waals surface area contributed by atoms with Gasteiger partial charge in [-0.25, -0.2) is 0 Å². The molecule has 0 bridgehead atoms. The number of ether oxygens (including phenoxy) is 1. The van der Waals surface area contributed by atoms with Crippen molar-refractivity contribution >= 4 is 21.6 Å². The van der Waals surface area contributed by atoms with Crippen LogP contribution in [0.5, 0.6) is 5.75 Å². The van der Waals surface area contributed by atoms with E-state index in [1.54, 1.807) is 0 Å². The van der Waals surface area contributed by atoms with E-state index in [0.717, 1.165) is 40.7 Å². The smallest absolute Gasteiger partial charge is 0.258 e. The summed E-state index contributed by atoms with van der Waals surface area (Å²) in [6.07, 6.45) is 2.00. The average Bonchev–Trinajstić information content (AvgIpc) is 3.29. The Morgan fingerprint density at radius 3 is 2.92 bits per heavy atom. The number of aromatic nitrogens is 2. The molecule has 0 aliphatic carbocycles. The Morgan fingerprint density at radius 2 is 2.08 bits per heavy atom. The molecule has 1 aromatic heterocycles. The van der Waals surface area contributed by atoms with Gasteiger partial charge in [0.1, 0.15) is 5.75 Å². The summed E-state index contributed by atoms with van der Waals surface area (Å²) in [4.78, 5) is 4.55. The summed E-state index contributed by atoms with van der Waals surface area (Å²) in [5.74, 6) is 1.92. The molecule has 0 saturated heterocycles. The van der Waals surface area contributed by atoms with Gasteiger partial charge in [-0.05, 0) is 70.7 Å². The molecule has 6 heteroatoms. The quantitative estimate of drug-likeness (QED) is 0.659. The van der Waals surface area contributed by atoms with E-state index in [2.05, 4.69) is 50.4 Å². The molecule has 5 nitrogen and oxygen atoms in total. The lowest BCUT2D eigenvalue weighted by Gasteiger charge is -2.07. The zero-order chi connectivity index (χ0) is 17.2. The van der Waals surface area contributed by atoms with Crippen LogP contribution in [-0.4, -0.2) is 23.3 Å². The van der Waals surface area contributed by atoms with Crippen molar-refractivity contribution in [2.24, 2.45) is 0 Å². The van der Waals surface area contributed by atoms with E-state index in [-0.39, 0.29) is 0 Å². The molecule has 0 radical (unpaired) electrons. The fourth-order valence-corrected chi connectivity index (χ4v) is 3.36. The van der Waals surface area contributed by atoms with Crippen LogP contribution in [-0.2, 0) is 6.42 Å². The van der Waals surface area contributed by atoms with Crippen molar-refractivity contribution in [2.75, 3.05) is 18.5 Å². The van der Waals surface area contributed by atoms with Crippen molar-refractivity contribution in [3.8, 4) is 28.6 Å². The normalized spacial score (nSPS) is 12.7. The lowest BCUT2D eigenvalue weighted by atomic mass is 10.1. The largest absolute Gasteiger partial charge is 0.492 e. The lowest BCUT2D eigenvalue weighted by Crippen LogP contribution is -1.95. The Labute approximate surface area is 154 Å². The lowest BCUT2D eigenvalue weighted by molar-refractivity contribution is 0.315. The van der Waals surface area contributed by atoms with E-state index in [0.29, 0.717) is 18.3 Å². The van der Waals surface area contributed by atoms with E-state index in [1.807, 2.05) is 24.3 Å². The molecule has 4 rings (SSSR count). The minimum Gasteiger partial charge on any atom is -0.492 e. The minimum atomic E-state index is 0.497. The molecule has 1 aliphatic heterocycles. The van der Waals surface area contributed by atoms with E-state index in [1.165, 1.54) is 11.3 Å². The fraction of sp³-hybridized carbons (Fsp3) is 0.263. The van der Waals surface area contributed by atoms with E-state index in [9.17, 15) is 0 Å². The van der Waals surface area contributed by atoms with Crippen molar-refractivity contribution in [2.45, 2.75) is 19.8 Å². The first-order chi connectivity index (χ1) is 12.2. The number of benzene rings is 2. The maximum absolute atomic E-state index is 5.67. The topological polar surface area (TPSA) is 60.2 Å². The second kappa shape index (κ2) is 6.88. The van der Waals surface area contributed by atoms with Gasteiger partial charge in [-0.1, -0.05) is 12.1 Å². The number of rotatable bonds is 5. The maximum Gasteiger partial charge on any atom is 0.258 e. The fourth-order valence-electron chi connectivity index (χ4n) is 2.86. The molecule has 1 N–H and O–H groups in total. The van der Waals surface area contributed by atoms with Gasteiger partial charge in [0.15, 0.2) is 0 Å². The third-order valence-corrected chi connectivity index (χ3v) is 4.76. The number of nitrogens with one attached hydrogen (secondary N) is 1. The number of hydrogen-bond donors (Lipinski definition) is 1. The molecule has 0 amide bonds. The van der Waals surface area contributed by atoms with Crippen LogP contribution in [0.3, 0.4) is 0 Å². The Bertz CT molecular complexity index is 907. The van der Waals surface area contributed by atoms with Crippen LogP contribution in [0.2, 0.25) is 0 Å². The van der Waals surface area contributed by atoms with Crippen LogP contribution in [0, 0.1) is 0 Å². The van der Waals surface area contributed by atoms with Gasteiger partial charge in [0.05, 0.1) is 11.1 Å². The molecular weight excluding hydrogens is 382 g/mol. The molecule has 0 unspecified atom stereocenters. The van der Waals surface area contributed by atoms with Gasteiger partial charge >= 0.3 is 0 Å². The van der Waals surface area contributed by atoms with Gasteiger partial charge in [-0.15, -0.1) is 0 Å². The molecule has 128 valence electrons. The third-order valence-electron chi connectivity index (χ3n) is 4.14. The van der Waals surface area contributed by atoms with Crippen LogP contribution in [0.25, 0.3) is 22.8 Å².